The average Bonchev–Trinajstić information content (AvgIpc) is 3.23. The lowest BCUT2D eigenvalue weighted by Crippen LogP contribution is -2.14. The van der Waals surface area contributed by atoms with Crippen molar-refractivity contribution in [2.45, 2.75) is 33.9 Å². The second-order valence-electron chi connectivity index (χ2n) is 7.29. The third kappa shape index (κ3) is 3.90. The van der Waals surface area contributed by atoms with E-state index in [4.69, 9.17) is 0 Å². The molecule has 0 aliphatic carbocycles. The van der Waals surface area contributed by atoms with Gasteiger partial charge >= 0.3 is 0 Å². The fraction of sp³-hybridized carbons (Fsp3) is 0.208. The Bertz CT molecular complexity index is 1140. The van der Waals surface area contributed by atoms with E-state index < -0.39 is 0 Å². The summed E-state index contributed by atoms with van der Waals surface area (Å²) in [6, 6.07) is 22.1. The highest BCUT2D eigenvalue weighted by Gasteiger charge is 2.19. The molecule has 4 rings (SSSR count). The lowest BCUT2D eigenvalue weighted by atomic mass is 10.1. The van der Waals surface area contributed by atoms with Crippen LogP contribution in [0.15, 0.2) is 66.7 Å². The van der Waals surface area contributed by atoms with Crippen LogP contribution in [0.2, 0.25) is 0 Å². The van der Waals surface area contributed by atoms with Crippen LogP contribution in [-0.4, -0.2) is 25.1 Å². The molecular weight excluding hydrogens is 360 g/mol. The summed E-state index contributed by atoms with van der Waals surface area (Å²) < 4.78 is 3.89. The van der Waals surface area contributed by atoms with Gasteiger partial charge in [0.15, 0.2) is 11.6 Å². The van der Waals surface area contributed by atoms with E-state index in [0.29, 0.717) is 5.82 Å². The zero-order valence-corrected chi connectivity index (χ0v) is 17.0. The highest BCUT2D eigenvalue weighted by atomic mass is 16.1. The molecule has 146 valence electrons. The monoisotopic (exact) mass is 384 g/mol. The van der Waals surface area contributed by atoms with E-state index in [1.807, 2.05) is 75.4 Å². The van der Waals surface area contributed by atoms with Crippen molar-refractivity contribution in [1.82, 2.24) is 19.3 Å². The van der Waals surface area contributed by atoms with Crippen LogP contribution in [-0.2, 0) is 13.1 Å². The Balaban J connectivity index is 1.61. The van der Waals surface area contributed by atoms with Gasteiger partial charge in [0.25, 0.3) is 0 Å². The Kier molecular flexibility index (Phi) is 5.12. The fourth-order valence-electron chi connectivity index (χ4n) is 3.68. The van der Waals surface area contributed by atoms with Crippen molar-refractivity contribution < 1.29 is 4.79 Å². The predicted octanol–water partition coefficient (Wildman–Crippen LogP) is 4.60. The molecule has 0 N–H and O–H groups in total. The van der Waals surface area contributed by atoms with Gasteiger partial charge in [-0.3, -0.25) is 4.79 Å². The first kappa shape index (κ1) is 18.9. The van der Waals surface area contributed by atoms with Gasteiger partial charge in [-0.15, -0.1) is 0 Å². The number of rotatable bonds is 6. The van der Waals surface area contributed by atoms with Crippen molar-refractivity contribution in [3.63, 3.8) is 0 Å². The molecule has 2 heterocycles. The number of nitrogens with zero attached hydrogens (tertiary/aromatic N) is 4. The van der Waals surface area contributed by atoms with Gasteiger partial charge in [-0.1, -0.05) is 60.7 Å². The van der Waals surface area contributed by atoms with Crippen molar-refractivity contribution in [2.75, 3.05) is 0 Å². The minimum atomic E-state index is 0.0412. The van der Waals surface area contributed by atoms with Crippen molar-refractivity contribution in [1.29, 1.82) is 0 Å². The molecule has 0 amide bonds. The lowest BCUT2D eigenvalue weighted by molar-refractivity contribution is 0.0967. The van der Waals surface area contributed by atoms with E-state index in [2.05, 4.69) is 26.8 Å². The molecular formula is C24H24N4O. The molecule has 0 spiro atoms. The summed E-state index contributed by atoms with van der Waals surface area (Å²) >= 11 is 0. The van der Waals surface area contributed by atoms with Crippen molar-refractivity contribution in [2.24, 2.45) is 0 Å². The summed E-state index contributed by atoms with van der Waals surface area (Å²) in [5.74, 6) is 1.42. The maximum absolute atomic E-state index is 13.1. The van der Waals surface area contributed by atoms with Crippen LogP contribution in [0.4, 0.5) is 0 Å². The van der Waals surface area contributed by atoms with Crippen LogP contribution in [0, 0.1) is 20.8 Å². The normalized spacial score (nSPS) is 11.0. The maximum Gasteiger partial charge on any atom is 0.186 e. The van der Waals surface area contributed by atoms with E-state index in [9.17, 15) is 4.79 Å². The number of benzene rings is 2. The van der Waals surface area contributed by atoms with E-state index in [-0.39, 0.29) is 12.3 Å². The van der Waals surface area contributed by atoms with Gasteiger partial charge in [0, 0.05) is 29.1 Å². The molecule has 0 unspecified atom stereocenters. The SMILES string of the molecule is Cc1nc(-c2ccccc2)n(CC(=O)c2cc(C)n(Cc3ccccc3)c2C)n1. The van der Waals surface area contributed by atoms with Crippen LogP contribution >= 0.6 is 0 Å². The molecule has 29 heavy (non-hydrogen) atoms. The highest BCUT2D eigenvalue weighted by molar-refractivity contribution is 5.97. The van der Waals surface area contributed by atoms with Gasteiger partial charge in [0.2, 0.25) is 0 Å². The largest absolute Gasteiger partial charge is 0.344 e. The third-order valence-electron chi connectivity index (χ3n) is 5.16. The van der Waals surface area contributed by atoms with Gasteiger partial charge < -0.3 is 4.57 Å². The Labute approximate surface area is 170 Å². The minimum Gasteiger partial charge on any atom is -0.344 e. The second kappa shape index (κ2) is 7.87. The van der Waals surface area contributed by atoms with Gasteiger partial charge in [-0.05, 0) is 32.4 Å². The molecule has 0 saturated carbocycles. The van der Waals surface area contributed by atoms with Crippen LogP contribution in [0.25, 0.3) is 11.4 Å². The van der Waals surface area contributed by atoms with E-state index in [0.717, 1.165) is 34.9 Å². The third-order valence-corrected chi connectivity index (χ3v) is 5.16. The first-order valence-electron chi connectivity index (χ1n) is 9.73. The molecule has 0 fully saturated rings. The molecule has 5 heteroatoms. The predicted molar refractivity (Wildman–Crippen MR) is 114 cm³/mol. The van der Waals surface area contributed by atoms with E-state index >= 15 is 0 Å². The van der Waals surface area contributed by atoms with Crippen LogP contribution in [0.3, 0.4) is 0 Å². The number of hydrogen-bond acceptors (Lipinski definition) is 3. The molecule has 0 saturated heterocycles. The first-order chi connectivity index (χ1) is 14.0. The summed E-state index contributed by atoms with van der Waals surface area (Å²) in [5.41, 5.74) is 4.97. The number of carbonyl (C=O) groups is 1. The minimum absolute atomic E-state index is 0.0412. The Morgan fingerprint density at radius 2 is 1.59 bits per heavy atom. The quantitative estimate of drug-likeness (QED) is 0.457. The molecule has 0 atom stereocenters. The summed E-state index contributed by atoms with van der Waals surface area (Å²) in [6.45, 7) is 6.82. The molecule has 2 aromatic carbocycles. The van der Waals surface area contributed by atoms with Gasteiger partial charge in [-0.25, -0.2) is 9.67 Å². The smallest absolute Gasteiger partial charge is 0.186 e. The zero-order chi connectivity index (χ0) is 20.4. The first-order valence-corrected chi connectivity index (χ1v) is 9.73. The van der Waals surface area contributed by atoms with Gasteiger partial charge in [0.1, 0.15) is 12.4 Å². The standard InChI is InChI=1S/C24H24N4O/c1-17-14-22(18(2)27(17)15-20-10-6-4-7-11-20)23(29)16-28-24(25-19(3)26-28)21-12-8-5-9-13-21/h4-14H,15-16H2,1-3H3. The molecule has 0 radical (unpaired) electrons. The average molecular weight is 384 g/mol. The number of hydrogen-bond donors (Lipinski definition) is 0. The summed E-state index contributed by atoms with van der Waals surface area (Å²) in [6.07, 6.45) is 0. The lowest BCUT2D eigenvalue weighted by Gasteiger charge is -2.10. The Morgan fingerprint density at radius 1 is 0.931 bits per heavy atom. The van der Waals surface area contributed by atoms with E-state index in [1.165, 1.54) is 5.56 Å². The van der Waals surface area contributed by atoms with Crippen molar-refractivity contribution in [3.8, 4) is 11.4 Å². The fourth-order valence-corrected chi connectivity index (χ4v) is 3.68. The number of aryl methyl sites for hydroxylation is 2. The Hall–Kier alpha value is -3.47. The molecule has 5 nitrogen and oxygen atoms in total. The maximum atomic E-state index is 13.1. The van der Waals surface area contributed by atoms with Crippen LogP contribution in [0.5, 0.6) is 0 Å². The summed E-state index contributed by atoms with van der Waals surface area (Å²) in [4.78, 5) is 17.7. The zero-order valence-electron chi connectivity index (χ0n) is 17.0. The summed E-state index contributed by atoms with van der Waals surface area (Å²) in [7, 11) is 0. The van der Waals surface area contributed by atoms with Gasteiger partial charge in [-0.2, -0.15) is 5.10 Å². The number of aromatic nitrogens is 4. The van der Waals surface area contributed by atoms with E-state index in [1.54, 1.807) is 4.68 Å². The van der Waals surface area contributed by atoms with Gasteiger partial charge in [0.05, 0.1) is 0 Å². The Morgan fingerprint density at radius 3 is 2.28 bits per heavy atom. The summed E-state index contributed by atoms with van der Waals surface area (Å²) in [5, 5.41) is 4.46. The van der Waals surface area contributed by atoms with Crippen molar-refractivity contribution in [3.05, 3.63) is 95.1 Å². The second-order valence-corrected chi connectivity index (χ2v) is 7.29. The molecule has 4 aromatic rings. The molecule has 2 aromatic heterocycles. The number of carbonyl (C=O) groups excluding carboxylic acids is 1. The molecule has 0 aliphatic rings. The number of ketones is 1. The highest BCUT2D eigenvalue weighted by Crippen LogP contribution is 2.21. The molecule has 0 bridgehead atoms. The van der Waals surface area contributed by atoms with Crippen molar-refractivity contribution >= 4 is 5.78 Å². The van der Waals surface area contributed by atoms with Crippen LogP contribution in [0.1, 0.15) is 33.1 Å². The topological polar surface area (TPSA) is 52.7 Å². The molecule has 0 aliphatic heterocycles. The number of Topliss-reactive ketones (excluding diaryl/α,β-unsaturated/α-hetero) is 1. The van der Waals surface area contributed by atoms with Crippen LogP contribution < -0.4 is 0 Å².